The molecule has 7 heteroatoms. The fourth-order valence-electron chi connectivity index (χ4n) is 4.50. The van der Waals surface area contributed by atoms with Crippen molar-refractivity contribution in [2.75, 3.05) is 13.1 Å². The lowest BCUT2D eigenvalue weighted by Gasteiger charge is -2.39. The van der Waals surface area contributed by atoms with Gasteiger partial charge in [-0.25, -0.2) is 0 Å². The summed E-state index contributed by atoms with van der Waals surface area (Å²) in [6.45, 7) is 1.62. The number of likely N-dealkylation sites (tertiary alicyclic amines) is 1. The van der Waals surface area contributed by atoms with Crippen LogP contribution in [0, 0.1) is 0 Å². The third kappa shape index (κ3) is 3.75. The number of hydrogen-bond donors (Lipinski definition) is 1. The molecule has 0 saturated carbocycles. The number of nitrogens with zero attached hydrogens (tertiary/aromatic N) is 2. The number of carbonyl (C=O) groups excluding carboxylic acids is 2. The van der Waals surface area contributed by atoms with Gasteiger partial charge in [0.2, 0.25) is 0 Å². The van der Waals surface area contributed by atoms with Crippen LogP contribution in [0.1, 0.15) is 46.0 Å². The van der Waals surface area contributed by atoms with Crippen LogP contribution in [0.2, 0.25) is 0 Å². The van der Waals surface area contributed by atoms with Gasteiger partial charge in [0, 0.05) is 37.4 Å². The Morgan fingerprint density at radius 2 is 2.00 bits per heavy atom. The van der Waals surface area contributed by atoms with Gasteiger partial charge in [0.15, 0.2) is 6.10 Å². The van der Waals surface area contributed by atoms with E-state index in [9.17, 15) is 9.59 Å². The number of benzene rings is 1. The third-order valence-electron chi connectivity index (χ3n) is 6.13. The Morgan fingerprint density at radius 1 is 1.16 bits per heavy atom. The molecule has 4 heterocycles. The van der Waals surface area contributed by atoms with Gasteiger partial charge in [0.25, 0.3) is 11.8 Å². The first-order chi connectivity index (χ1) is 15.2. The number of ether oxygens (including phenoxy) is 1. The van der Waals surface area contributed by atoms with E-state index < -0.39 is 11.7 Å². The largest absolute Gasteiger partial charge is 0.352 e. The number of aromatic nitrogens is 1. The van der Waals surface area contributed by atoms with Crippen molar-refractivity contribution in [2.45, 2.75) is 31.1 Å². The van der Waals surface area contributed by atoms with Gasteiger partial charge in [-0.3, -0.25) is 14.6 Å². The molecule has 31 heavy (non-hydrogen) atoms. The smallest absolute Gasteiger partial charge is 0.254 e. The van der Waals surface area contributed by atoms with Gasteiger partial charge in [-0.1, -0.05) is 30.3 Å². The highest BCUT2D eigenvalue weighted by Crippen LogP contribution is 2.49. The van der Waals surface area contributed by atoms with Gasteiger partial charge in [-0.15, -0.1) is 0 Å². The van der Waals surface area contributed by atoms with Crippen molar-refractivity contribution >= 4 is 23.2 Å². The minimum absolute atomic E-state index is 0.0631. The molecule has 1 fully saturated rings. The zero-order chi connectivity index (χ0) is 21.3. The molecule has 2 aromatic heterocycles. The fourth-order valence-corrected chi connectivity index (χ4v) is 5.13. The molecule has 1 spiro atoms. The van der Waals surface area contributed by atoms with Gasteiger partial charge in [0.1, 0.15) is 0 Å². The molecule has 2 amide bonds. The molecule has 2 aliphatic rings. The molecule has 3 aromatic rings. The van der Waals surface area contributed by atoms with Crippen molar-refractivity contribution in [1.29, 1.82) is 0 Å². The predicted molar refractivity (Wildman–Crippen MR) is 117 cm³/mol. The van der Waals surface area contributed by atoms with Crippen LogP contribution in [0.3, 0.4) is 0 Å². The quantitative estimate of drug-likeness (QED) is 0.682. The SMILES string of the molecule is O=C(NCc1cccnc1)C1OC2(CCN(C(=O)c3ccsc3)CC2)c2ccccc21. The van der Waals surface area contributed by atoms with Crippen molar-refractivity contribution < 1.29 is 14.3 Å². The van der Waals surface area contributed by atoms with Crippen LogP contribution in [-0.4, -0.2) is 34.8 Å². The van der Waals surface area contributed by atoms with E-state index in [1.165, 1.54) is 11.3 Å². The highest BCUT2D eigenvalue weighted by atomic mass is 32.1. The van der Waals surface area contributed by atoms with Crippen molar-refractivity contribution in [3.05, 3.63) is 87.9 Å². The van der Waals surface area contributed by atoms with E-state index in [4.69, 9.17) is 4.74 Å². The molecule has 1 atom stereocenters. The summed E-state index contributed by atoms with van der Waals surface area (Å²) < 4.78 is 6.47. The molecule has 0 bridgehead atoms. The van der Waals surface area contributed by atoms with E-state index >= 15 is 0 Å². The second kappa shape index (κ2) is 8.24. The van der Waals surface area contributed by atoms with Gasteiger partial charge in [-0.2, -0.15) is 11.3 Å². The van der Waals surface area contributed by atoms with Gasteiger partial charge >= 0.3 is 0 Å². The van der Waals surface area contributed by atoms with Crippen LogP contribution in [0.25, 0.3) is 0 Å². The number of fused-ring (bicyclic) bond motifs is 2. The van der Waals surface area contributed by atoms with Gasteiger partial charge in [0.05, 0.1) is 11.2 Å². The minimum atomic E-state index is -0.646. The summed E-state index contributed by atoms with van der Waals surface area (Å²) in [5.41, 5.74) is 3.14. The molecular formula is C24H23N3O3S. The Balaban J connectivity index is 1.31. The van der Waals surface area contributed by atoms with Gasteiger partial charge in [-0.05, 0) is 47.0 Å². The van der Waals surface area contributed by atoms with E-state index in [1.807, 2.05) is 52.1 Å². The Morgan fingerprint density at radius 3 is 2.74 bits per heavy atom. The van der Waals surface area contributed by atoms with Crippen LogP contribution in [-0.2, 0) is 21.7 Å². The van der Waals surface area contributed by atoms with Gasteiger partial charge < -0.3 is 15.0 Å². The Bertz CT molecular complexity index is 1080. The lowest BCUT2D eigenvalue weighted by molar-refractivity contribution is -0.150. The maximum atomic E-state index is 13.0. The summed E-state index contributed by atoms with van der Waals surface area (Å²) in [6.07, 6.45) is 4.15. The zero-order valence-electron chi connectivity index (χ0n) is 17.0. The molecular weight excluding hydrogens is 410 g/mol. The third-order valence-corrected chi connectivity index (χ3v) is 6.81. The predicted octanol–water partition coefficient (Wildman–Crippen LogP) is 3.66. The number of pyridine rings is 1. The average Bonchev–Trinajstić information content (AvgIpc) is 3.46. The van der Waals surface area contributed by atoms with Crippen molar-refractivity contribution in [3.8, 4) is 0 Å². The summed E-state index contributed by atoms with van der Waals surface area (Å²) >= 11 is 1.53. The number of piperidine rings is 1. The Kier molecular flexibility index (Phi) is 5.29. The molecule has 1 unspecified atom stereocenters. The molecule has 0 radical (unpaired) electrons. The normalized spacial score (nSPS) is 19.2. The average molecular weight is 434 g/mol. The van der Waals surface area contributed by atoms with E-state index in [0.29, 0.717) is 32.5 Å². The Labute approximate surface area is 184 Å². The maximum absolute atomic E-state index is 13.0. The summed E-state index contributed by atoms with van der Waals surface area (Å²) in [5.74, 6) is -0.0851. The number of amides is 2. The summed E-state index contributed by atoms with van der Waals surface area (Å²) in [5, 5.41) is 6.79. The second-order valence-corrected chi connectivity index (χ2v) is 8.74. The van der Waals surface area contributed by atoms with Crippen LogP contribution in [0.15, 0.2) is 65.6 Å². The minimum Gasteiger partial charge on any atom is -0.352 e. The summed E-state index contributed by atoms with van der Waals surface area (Å²) in [6, 6.07) is 13.6. The van der Waals surface area contributed by atoms with Crippen LogP contribution < -0.4 is 5.32 Å². The fraction of sp³-hybridized carbons (Fsp3) is 0.292. The molecule has 2 aliphatic heterocycles. The molecule has 1 aromatic carbocycles. The number of hydrogen-bond acceptors (Lipinski definition) is 5. The highest BCUT2D eigenvalue weighted by Gasteiger charge is 2.49. The monoisotopic (exact) mass is 433 g/mol. The first-order valence-electron chi connectivity index (χ1n) is 10.4. The standard InChI is InChI=1S/C24H23N3O3S/c28-22(26-15-17-4-3-10-25-14-17)21-19-5-1-2-6-20(19)24(30-21)8-11-27(12-9-24)23(29)18-7-13-31-16-18/h1-7,10,13-14,16,21H,8-9,11-12,15H2,(H,26,28). The molecule has 1 saturated heterocycles. The van der Waals surface area contributed by atoms with Crippen molar-refractivity contribution in [1.82, 2.24) is 15.2 Å². The number of thiophene rings is 1. The number of nitrogens with one attached hydrogen (secondary N) is 1. The highest BCUT2D eigenvalue weighted by molar-refractivity contribution is 7.08. The number of carbonyl (C=O) groups is 2. The van der Waals surface area contributed by atoms with E-state index in [0.717, 1.165) is 22.3 Å². The van der Waals surface area contributed by atoms with E-state index in [1.54, 1.807) is 12.4 Å². The first kappa shape index (κ1) is 19.9. The topological polar surface area (TPSA) is 71.5 Å². The lowest BCUT2D eigenvalue weighted by Crippen LogP contribution is -2.45. The zero-order valence-corrected chi connectivity index (χ0v) is 17.8. The lowest BCUT2D eigenvalue weighted by atomic mass is 9.83. The molecule has 6 nitrogen and oxygen atoms in total. The van der Waals surface area contributed by atoms with Crippen LogP contribution >= 0.6 is 11.3 Å². The van der Waals surface area contributed by atoms with E-state index in [2.05, 4.69) is 16.4 Å². The molecule has 0 aliphatic carbocycles. The van der Waals surface area contributed by atoms with E-state index in [-0.39, 0.29) is 11.8 Å². The number of rotatable bonds is 4. The van der Waals surface area contributed by atoms with Crippen molar-refractivity contribution in [2.24, 2.45) is 0 Å². The van der Waals surface area contributed by atoms with Crippen molar-refractivity contribution in [3.63, 3.8) is 0 Å². The summed E-state index contributed by atoms with van der Waals surface area (Å²) in [4.78, 5) is 31.7. The van der Waals surface area contributed by atoms with Crippen LogP contribution in [0.4, 0.5) is 0 Å². The first-order valence-corrected chi connectivity index (χ1v) is 11.4. The Hall–Kier alpha value is -3.03. The molecule has 1 N–H and O–H groups in total. The second-order valence-electron chi connectivity index (χ2n) is 7.96. The van der Waals surface area contributed by atoms with Crippen LogP contribution in [0.5, 0.6) is 0 Å². The molecule has 5 rings (SSSR count). The maximum Gasteiger partial charge on any atom is 0.254 e. The molecule has 158 valence electrons. The summed E-state index contributed by atoms with van der Waals surface area (Å²) in [7, 11) is 0.